The summed E-state index contributed by atoms with van der Waals surface area (Å²) in [6.07, 6.45) is 2.71. The summed E-state index contributed by atoms with van der Waals surface area (Å²) in [5, 5.41) is 2.85. The van der Waals surface area contributed by atoms with Gasteiger partial charge in [0.05, 0.1) is 18.1 Å². The van der Waals surface area contributed by atoms with Crippen LogP contribution in [0.3, 0.4) is 0 Å². The molecular formula is C16H21Cl2N3O2. The quantitative estimate of drug-likeness (QED) is 0.841. The third kappa shape index (κ3) is 4.08. The van der Waals surface area contributed by atoms with Crippen LogP contribution in [0.5, 0.6) is 0 Å². The fraction of sp³-hybridized carbons (Fsp3) is 0.625. The van der Waals surface area contributed by atoms with E-state index in [0.717, 1.165) is 24.5 Å². The van der Waals surface area contributed by atoms with E-state index in [9.17, 15) is 4.79 Å². The van der Waals surface area contributed by atoms with Crippen LogP contribution in [0.1, 0.15) is 25.8 Å². The van der Waals surface area contributed by atoms with Gasteiger partial charge in [-0.05, 0) is 31.9 Å². The number of alkyl halides is 2. The van der Waals surface area contributed by atoms with E-state index in [-0.39, 0.29) is 24.0 Å². The molecular weight excluding hydrogens is 337 g/mol. The molecule has 1 aliphatic heterocycles. The summed E-state index contributed by atoms with van der Waals surface area (Å²) in [6.45, 7) is 6.24. The largest absolute Gasteiger partial charge is 0.372 e. The Morgan fingerprint density at radius 1 is 1.39 bits per heavy atom. The monoisotopic (exact) mass is 357 g/mol. The molecule has 1 saturated carbocycles. The molecule has 3 atom stereocenters. The molecule has 0 bridgehead atoms. The molecule has 1 aromatic rings. The van der Waals surface area contributed by atoms with Gasteiger partial charge in [-0.1, -0.05) is 6.07 Å². The van der Waals surface area contributed by atoms with Gasteiger partial charge in [-0.25, -0.2) is 4.98 Å². The second-order valence-corrected chi connectivity index (χ2v) is 7.96. The number of amides is 1. The normalized spacial score (nSPS) is 29.2. The summed E-state index contributed by atoms with van der Waals surface area (Å²) in [7, 11) is 0. The predicted molar refractivity (Wildman–Crippen MR) is 90.8 cm³/mol. The first-order valence-electron chi connectivity index (χ1n) is 7.86. The highest BCUT2D eigenvalue weighted by atomic mass is 35.5. The van der Waals surface area contributed by atoms with Crippen molar-refractivity contribution in [2.75, 3.05) is 18.0 Å². The van der Waals surface area contributed by atoms with Gasteiger partial charge in [0, 0.05) is 25.8 Å². The number of halogens is 2. The number of morpholine rings is 1. The number of carbonyl (C=O) groups is 1. The van der Waals surface area contributed by atoms with E-state index < -0.39 is 4.33 Å². The molecule has 5 nitrogen and oxygen atoms in total. The second-order valence-electron chi connectivity index (χ2n) is 6.42. The number of nitrogens with zero attached hydrogens (tertiary/aromatic N) is 2. The van der Waals surface area contributed by atoms with Crippen molar-refractivity contribution in [2.24, 2.45) is 5.92 Å². The zero-order valence-electron chi connectivity index (χ0n) is 13.3. The summed E-state index contributed by atoms with van der Waals surface area (Å²) in [6, 6.07) is 3.96. The van der Waals surface area contributed by atoms with Crippen LogP contribution in [0.4, 0.5) is 5.82 Å². The zero-order chi connectivity index (χ0) is 16.6. The van der Waals surface area contributed by atoms with Crippen molar-refractivity contribution in [3.05, 3.63) is 23.9 Å². The lowest BCUT2D eigenvalue weighted by molar-refractivity contribution is -0.122. The van der Waals surface area contributed by atoms with E-state index in [1.807, 2.05) is 12.1 Å². The summed E-state index contributed by atoms with van der Waals surface area (Å²) in [5.74, 6) is 0.536. The molecule has 0 spiro atoms. The van der Waals surface area contributed by atoms with E-state index in [2.05, 4.69) is 29.0 Å². The summed E-state index contributed by atoms with van der Waals surface area (Å²) >= 11 is 11.8. The lowest BCUT2D eigenvalue weighted by atomic mass is 10.2. The molecule has 0 radical (unpaired) electrons. The molecule has 3 unspecified atom stereocenters. The Labute approximate surface area is 146 Å². The number of hydrogen-bond acceptors (Lipinski definition) is 4. The van der Waals surface area contributed by atoms with Crippen LogP contribution in [0, 0.1) is 5.92 Å². The molecule has 2 heterocycles. The van der Waals surface area contributed by atoms with Crippen LogP contribution in [-0.2, 0) is 16.1 Å². The molecule has 1 saturated heterocycles. The first-order chi connectivity index (χ1) is 10.8. The fourth-order valence-electron chi connectivity index (χ4n) is 2.88. The maximum absolute atomic E-state index is 11.9. The van der Waals surface area contributed by atoms with Crippen molar-refractivity contribution in [3.8, 4) is 0 Å². The van der Waals surface area contributed by atoms with Gasteiger partial charge < -0.3 is 15.0 Å². The molecule has 1 aromatic heterocycles. The highest BCUT2D eigenvalue weighted by Gasteiger charge is 2.56. The van der Waals surface area contributed by atoms with E-state index in [4.69, 9.17) is 27.9 Å². The van der Waals surface area contributed by atoms with E-state index in [1.165, 1.54) is 0 Å². The average molecular weight is 358 g/mol. The summed E-state index contributed by atoms with van der Waals surface area (Å²) in [4.78, 5) is 18.6. The smallest absolute Gasteiger partial charge is 0.226 e. The minimum Gasteiger partial charge on any atom is -0.372 e. The number of aromatic nitrogens is 1. The number of carbonyl (C=O) groups excluding carboxylic acids is 1. The first-order valence-corrected chi connectivity index (χ1v) is 8.61. The molecule has 3 rings (SSSR count). The predicted octanol–water partition coefficient (Wildman–Crippen LogP) is 2.51. The van der Waals surface area contributed by atoms with Crippen LogP contribution >= 0.6 is 23.2 Å². The Morgan fingerprint density at radius 3 is 2.57 bits per heavy atom. The first kappa shape index (κ1) is 16.8. The fourth-order valence-corrected chi connectivity index (χ4v) is 3.39. The van der Waals surface area contributed by atoms with Crippen molar-refractivity contribution >= 4 is 34.9 Å². The van der Waals surface area contributed by atoms with Gasteiger partial charge in [-0.3, -0.25) is 4.79 Å². The molecule has 23 heavy (non-hydrogen) atoms. The van der Waals surface area contributed by atoms with Gasteiger partial charge in [-0.2, -0.15) is 0 Å². The SMILES string of the molecule is CC1CN(c2ccc(CNC(=O)C3CC3(Cl)Cl)cn2)CC(C)O1. The standard InChI is InChI=1S/C16H21Cl2N3O2/c1-10-8-21(9-11(2)23-10)14-4-3-12(6-19-14)7-20-15(22)13-5-16(13,17)18/h3-4,6,10-11,13H,5,7-9H2,1-2H3,(H,20,22). The lowest BCUT2D eigenvalue weighted by Crippen LogP contribution is -2.45. The Bertz CT molecular complexity index is 569. The molecule has 126 valence electrons. The van der Waals surface area contributed by atoms with Crippen LogP contribution < -0.4 is 10.2 Å². The average Bonchev–Trinajstić information content (AvgIpc) is 3.13. The molecule has 1 amide bonds. The van der Waals surface area contributed by atoms with Gasteiger partial charge in [0.2, 0.25) is 5.91 Å². The van der Waals surface area contributed by atoms with Crippen molar-refractivity contribution < 1.29 is 9.53 Å². The zero-order valence-corrected chi connectivity index (χ0v) is 14.8. The van der Waals surface area contributed by atoms with E-state index in [0.29, 0.717) is 13.0 Å². The van der Waals surface area contributed by atoms with Gasteiger partial charge in [0.15, 0.2) is 0 Å². The van der Waals surface area contributed by atoms with Crippen molar-refractivity contribution in [1.82, 2.24) is 10.3 Å². The minimum absolute atomic E-state index is 0.102. The number of rotatable bonds is 4. The third-order valence-corrected chi connectivity index (χ3v) is 5.00. The highest BCUT2D eigenvalue weighted by Crippen LogP contribution is 2.53. The van der Waals surface area contributed by atoms with Crippen LogP contribution in [-0.4, -0.2) is 40.5 Å². The van der Waals surface area contributed by atoms with E-state index in [1.54, 1.807) is 6.20 Å². The van der Waals surface area contributed by atoms with Crippen molar-refractivity contribution in [3.63, 3.8) is 0 Å². The molecule has 7 heteroatoms. The summed E-state index contributed by atoms with van der Waals surface area (Å²) < 4.78 is 4.85. The van der Waals surface area contributed by atoms with Crippen LogP contribution in [0.25, 0.3) is 0 Å². The van der Waals surface area contributed by atoms with Crippen LogP contribution in [0.2, 0.25) is 0 Å². The topological polar surface area (TPSA) is 54.5 Å². The van der Waals surface area contributed by atoms with Gasteiger partial charge in [0.1, 0.15) is 10.2 Å². The maximum atomic E-state index is 11.9. The van der Waals surface area contributed by atoms with Gasteiger partial charge in [-0.15, -0.1) is 23.2 Å². The number of pyridine rings is 1. The second kappa shape index (κ2) is 6.46. The Balaban J connectivity index is 1.54. The highest BCUT2D eigenvalue weighted by molar-refractivity contribution is 6.52. The molecule has 2 fully saturated rings. The molecule has 0 aromatic carbocycles. The van der Waals surface area contributed by atoms with E-state index >= 15 is 0 Å². The lowest BCUT2D eigenvalue weighted by Gasteiger charge is -2.36. The Kier molecular flexibility index (Phi) is 4.72. The Morgan fingerprint density at radius 2 is 2.04 bits per heavy atom. The number of ether oxygens (including phenoxy) is 1. The van der Waals surface area contributed by atoms with Crippen molar-refractivity contribution in [2.45, 2.75) is 43.4 Å². The summed E-state index contributed by atoms with van der Waals surface area (Å²) in [5.41, 5.74) is 0.951. The maximum Gasteiger partial charge on any atom is 0.226 e. The molecule has 1 N–H and O–H groups in total. The molecule has 2 aliphatic rings. The van der Waals surface area contributed by atoms with Gasteiger partial charge >= 0.3 is 0 Å². The number of hydrogen-bond donors (Lipinski definition) is 1. The number of nitrogens with one attached hydrogen (secondary N) is 1. The van der Waals surface area contributed by atoms with Gasteiger partial charge in [0.25, 0.3) is 0 Å². The van der Waals surface area contributed by atoms with Crippen LogP contribution in [0.15, 0.2) is 18.3 Å². The minimum atomic E-state index is -0.879. The Hall–Kier alpha value is -1.04. The molecule has 1 aliphatic carbocycles. The van der Waals surface area contributed by atoms with Crippen molar-refractivity contribution in [1.29, 1.82) is 0 Å². The third-order valence-electron chi connectivity index (χ3n) is 4.16. The number of anilines is 1.